The van der Waals surface area contributed by atoms with Crippen molar-refractivity contribution in [2.45, 2.75) is 58.7 Å². The van der Waals surface area contributed by atoms with Crippen molar-refractivity contribution in [1.82, 2.24) is 19.8 Å². The topological polar surface area (TPSA) is 47.1 Å². The monoisotopic (exact) mass is 382 g/mol. The van der Waals surface area contributed by atoms with Crippen molar-refractivity contribution in [1.29, 1.82) is 0 Å². The van der Waals surface area contributed by atoms with Gasteiger partial charge in [-0.2, -0.15) is 5.10 Å². The minimum Gasteiger partial charge on any atom is -0.356 e. The number of aromatic nitrogens is 3. The SMILES string of the molecule is CCn1ncc(CN2CCCCC[C@@H]2c2cc(-c3ccc(F)cc3)on2)c1C. The Bertz CT molecular complexity index is 915. The highest BCUT2D eigenvalue weighted by molar-refractivity contribution is 5.57. The molecule has 3 aromatic rings. The summed E-state index contributed by atoms with van der Waals surface area (Å²) >= 11 is 0. The second kappa shape index (κ2) is 8.27. The average Bonchev–Trinajstić information content (AvgIpc) is 3.25. The minimum atomic E-state index is -0.249. The van der Waals surface area contributed by atoms with Crippen LogP contribution in [0.3, 0.4) is 0 Å². The maximum absolute atomic E-state index is 13.2. The number of rotatable bonds is 5. The van der Waals surface area contributed by atoms with Crippen LogP contribution >= 0.6 is 0 Å². The third-order valence-corrected chi connectivity index (χ3v) is 5.74. The second-order valence-corrected chi connectivity index (χ2v) is 7.53. The zero-order valence-electron chi connectivity index (χ0n) is 16.6. The smallest absolute Gasteiger partial charge is 0.167 e. The number of benzene rings is 1. The van der Waals surface area contributed by atoms with E-state index in [1.54, 1.807) is 12.1 Å². The van der Waals surface area contributed by atoms with Crippen LogP contribution in [-0.4, -0.2) is 26.4 Å². The van der Waals surface area contributed by atoms with Gasteiger partial charge in [-0.15, -0.1) is 0 Å². The van der Waals surface area contributed by atoms with Crippen molar-refractivity contribution in [3.63, 3.8) is 0 Å². The summed E-state index contributed by atoms with van der Waals surface area (Å²) in [5.74, 6) is 0.440. The molecule has 5 nitrogen and oxygen atoms in total. The van der Waals surface area contributed by atoms with Crippen LogP contribution in [0.2, 0.25) is 0 Å². The molecule has 1 fully saturated rings. The summed E-state index contributed by atoms with van der Waals surface area (Å²) in [4.78, 5) is 2.50. The summed E-state index contributed by atoms with van der Waals surface area (Å²) in [5.41, 5.74) is 4.32. The van der Waals surface area contributed by atoms with Gasteiger partial charge in [-0.3, -0.25) is 9.58 Å². The fourth-order valence-electron chi connectivity index (χ4n) is 4.07. The predicted octanol–water partition coefficient (Wildman–Crippen LogP) is 5.12. The molecule has 148 valence electrons. The zero-order chi connectivity index (χ0) is 19.5. The number of hydrogen-bond acceptors (Lipinski definition) is 4. The maximum atomic E-state index is 13.2. The van der Waals surface area contributed by atoms with E-state index in [4.69, 9.17) is 4.52 Å². The van der Waals surface area contributed by atoms with Crippen LogP contribution < -0.4 is 0 Å². The zero-order valence-corrected chi connectivity index (χ0v) is 16.6. The van der Waals surface area contributed by atoms with Crippen molar-refractivity contribution in [2.75, 3.05) is 6.54 Å². The van der Waals surface area contributed by atoms with Gasteiger partial charge in [0.25, 0.3) is 0 Å². The Balaban J connectivity index is 1.58. The van der Waals surface area contributed by atoms with E-state index in [0.717, 1.165) is 37.3 Å². The van der Waals surface area contributed by atoms with Crippen LogP contribution in [-0.2, 0) is 13.1 Å². The van der Waals surface area contributed by atoms with Crippen molar-refractivity contribution in [3.8, 4) is 11.3 Å². The Kier molecular flexibility index (Phi) is 5.57. The minimum absolute atomic E-state index is 0.227. The molecular formula is C22H27FN4O. The highest BCUT2D eigenvalue weighted by Crippen LogP contribution is 2.33. The van der Waals surface area contributed by atoms with Gasteiger partial charge in [0, 0.05) is 36.0 Å². The summed E-state index contributed by atoms with van der Waals surface area (Å²) < 4.78 is 20.9. The van der Waals surface area contributed by atoms with Gasteiger partial charge in [0.1, 0.15) is 11.5 Å². The van der Waals surface area contributed by atoms with Gasteiger partial charge >= 0.3 is 0 Å². The van der Waals surface area contributed by atoms with Gasteiger partial charge < -0.3 is 4.52 Å². The van der Waals surface area contributed by atoms with E-state index in [9.17, 15) is 4.39 Å². The van der Waals surface area contributed by atoms with Gasteiger partial charge in [-0.1, -0.05) is 18.0 Å². The normalized spacial score (nSPS) is 18.3. The lowest BCUT2D eigenvalue weighted by Crippen LogP contribution is -2.28. The lowest BCUT2D eigenvalue weighted by atomic mass is 10.0. The lowest BCUT2D eigenvalue weighted by molar-refractivity contribution is 0.183. The molecule has 0 saturated carbocycles. The van der Waals surface area contributed by atoms with E-state index in [1.165, 1.54) is 42.7 Å². The number of halogens is 1. The van der Waals surface area contributed by atoms with E-state index in [2.05, 4.69) is 29.0 Å². The summed E-state index contributed by atoms with van der Waals surface area (Å²) in [6.45, 7) is 7.06. The highest BCUT2D eigenvalue weighted by Gasteiger charge is 2.27. The fourth-order valence-corrected chi connectivity index (χ4v) is 4.07. The Hall–Kier alpha value is -2.47. The predicted molar refractivity (Wildman–Crippen MR) is 106 cm³/mol. The molecule has 4 rings (SSSR count). The van der Waals surface area contributed by atoms with E-state index < -0.39 is 0 Å². The third-order valence-electron chi connectivity index (χ3n) is 5.74. The number of nitrogens with zero attached hydrogens (tertiary/aromatic N) is 4. The molecule has 6 heteroatoms. The van der Waals surface area contributed by atoms with Crippen molar-refractivity contribution >= 4 is 0 Å². The molecule has 0 radical (unpaired) electrons. The van der Waals surface area contributed by atoms with E-state index >= 15 is 0 Å². The first-order valence-corrected chi connectivity index (χ1v) is 10.1. The van der Waals surface area contributed by atoms with Crippen molar-refractivity contribution in [2.24, 2.45) is 0 Å². The van der Waals surface area contributed by atoms with Gasteiger partial charge in [0.2, 0.25) is 0 Å². The molecule has 0 amide bonds. The molecule has 0 spiro atoms. The molecule has 0 N–H and O–H groups in total. The van der Waals surface area contributed by atoms with Crippen LogP contribution in [0.4, 0.5) is 4.39 Å². The molecule has 1 aromatic carbocycles. The summed E-state index contributed by atoms with van der Waals surface area (Å²) in [6, 6.07) is 8.59. The Labute approximate surface area is 165 Å². The lowest BCUT2D eigenvalue weighted by Gasteiger charge is -2.28. The molecule has 1 aliphatic rings. The van der Waals surface area contributed by atoms with Gasteiger partial charge in [-0.25, -0.2) is 4.39 Å². The summed E-state index contributed by atoms with van der Waals surface area (Å²) in [5, 5.41) is 8.88. The van der Waals surface area contributed by atoms with Crippen LogP contribution in [0.5, 0.6) is 0 Å². The molecule has 3 heterocycles. The standard InChI is InChI=1S/C22H27FN4O/c1-3-27-16(2)18(14-24-27)15-26-12-6-4-5-7-21(26)20-13-22(28-25-20)17-8-10-19(23)11-9-17/h8-11,13-14,21H,3-7,12,15H2,1-2H3/t21-/m1/s1. The molecule has 0 unspecified atom stereocenters. The molecular weight excluding hydrogens is 355 g/mol. The van der Waals surface area contributed by atoms with E-state index in [1.807, 2.05) is 16.9 Å². The fraction of sp³-hybridized carbons (Fsp3) is 0.455. The van der Waals surface area contributed by atoms with Crippen LogP contribution in [0.15, 0.2) is 41.1 Å². The Morgan fingerprint density at radius 3 is 2.75 bits per heavy atom. The van der Waals surface area contributed by atoms with E-state index in [-0.39, 0.29) is 11.9 Å². The molecule has 0 bridgehead atoms. The van der Waals surface area contributed by atoms with Crippen LogP contribution in [0.1, 0.15) is 55.6 Å². The molecule has 1 saturated heterocycles. The van der Waals surface area contributed by atoms with Crippen molar-refractivity contribution in [3.05, 3.63) is 59.3 Å². The molecule has 0 aliphatic carbocycles. The van der Waals surface area contributed by atoms with Crippen LogP contribution in [0.25, 0.3) is 11.3 Å². The summed E-state index contributed by atoms with van der Waals surface area (Å²) in [7, 11) is 0. The third kappa shape index (κ3) is 3.87. The van der Waals surface area contributed by atoms with Gasteiger partial charge in [0.15, 0.2) is 5.76 Å². The molecule has 1 atom stereocenters. The molecule has 28 heavy (non-hydrogen) atoms. The number of aryl methyl sites for hydroxylation is 1. The first-order chi connectivity index (χ1) is 13.7. The first kappa shape index (κ1) is 18.9. The average molecular weight is 382 g/mol. The summed E-state index contributed by atoms with van der Waals surface area (Å²) in [6.07, 6.45) is 6.68. The quantitative estimate of drug-likeness (QED) is 0.614. The van der Waals surface area contributed by atoms with Crippen LogP contribution in [0, 0.1) is 12.7 Å². The highest BCUT2D eigenvalue weighted by atomic mass is 19.1. The van der Waals surface area contributed by atoms with E-state index in [0.29, 0.717) is 5.76 Å². The number of hydrogen-bond donors (Lipinski definition) is 0. The largest absolute Gasteiger partial charge is 0.356 e. The Morgan fingerprint density at radius 2 is 2.00 bits per heavy atom. The second-order valence-electron chi connectivity index (χ2n) is 7.53. The molecule has 1 aliphatic heterocycles. The number of likely N-dealkylation sites (tertiary alicyclic amines) is 1. The maximum Gasteiger partial charge on any atom is 0.167 e. The Morgan fingerprint density at radius 1 is 1.18 bits per heavy atom. The van der Waals surface area contributed by atoms with Crippen molar-refractivity contribution < 1.29 is 8.91 Å². The molecule has 2 aromatic heterocycles. The van der Waals surface area contributed by atoms with Gasteiger partial charge in [-0.05, 0) is 57.5 Å². The first-order valence-electron chi connectivity index (χ1n) is 10.1. The van der Waals surface area contributed by atoms with Gasteiger partial charge in [0.05, 0.1) is 12.2 Å².